The largest absolute Gasteiger partial charge is 0.496 e. The van der Waals surface area contributed by atoms with Crippen molar-refractivity contribution in [1.29, 1.82) is 0 Å². The highest BCUT2D eigenvalue weighted by Crippen LogP contribution is 2.34. The third-order valence-electron chi connectivity index (χ3n) is 2.97. The first-order valence-corrected chi connectivity index (χ1v) is 6.14. The average molecular weight is 270 g/mol. The molecule has 1 aromatic rings. The standard InChI is InChI=1S/C12H16BrNO/c1-15-12-8-10(13)2-3-11(12)9-4-6-14-7-5-9/h2-3,8-9,14H,4-7H2,1H3. The number of hydrogen-bond acceptors (Lipinski definition) is 2. The van der Waals surface area contributed by atoms with E-state index in [1.165, 1.54) is 18.4 Å². The molecule has 3 heteroatoms. The van der Waals surface area contributed by atoms with Crippen molar-refractivity contribution in [3.05, 3.63) is 28.2 Å². The minimum absolute atomic E-state index is 0.648. The molecule has 0 spiro atoms. The van der Waals surface area contributed by atoms with Crippen LogP contribution in [-0.4, -0.2) is 20.2 Å². The summed E-state index contributed by atoms with van der Waals surface area (Å²) in [6, 6.07) is 6.33. The Morgan fingerprint density at radius 3 is 2.73 bits per heavy atom. The van der Waals surface area contributed by atoms with Gasteiger partial charge in [0.2, 0.25) is 0 Å². The molecule has 0 bridgehead atoms. The van der Waals surface area contributed by atoms with E-state index in [0.29, 0.717) is 5.92 Å². The fourth-order valence-electron chi connectivity index (χ4n) is 2.16. The van der Waals surface area contributed by atoms with Crippen LogP contribution in [0.2, 0.25) is 0 Å². The van der Waals surface area contributed by atoms with Crippen LogP contribution in [0.3, 0.4) is 0 Å². The Labute approximate surface area is 99.1 Å². The second-order valence-electron chi connectivity index (χ2n) is 3.91. The quantitative estimate of drug-likeness (QED) is 0.892. The molecule has 2 nitrogen and oxygen atoms in total. The van der Waals surface area contributed by atoms with Gasteiger partial charge in [-0.1, -0.05) is 22.0 Å². The normalized spacial score (nSPS) is 17.7. The van der Waals surface area contributed by atoms with Gasteiger partial charge >= 0.3 is 0 Å². The van der Waals surface area contributed by atoms with Gasteiger partial charge < -0.3 is 10.1 Å². The SMILES string of the molecule is COc1cc(Br)ccc1C1CCNCC1. The molecule has 0 saturated carbocycles. The van der Waals surface area contributed by atoms with Crippen LogP contribution in [0.15, 0.2) is 22.7 Å². The number of hydrogen-bond donors (Lipinski definition) is 1. The van der Waals surface area contributed by atoms with E-state index in [9.17, 15) is 0 Å². The first-order chi connectivity index (χ1) is 7.31. The van der Waals surface area contributed by atoms with Gasteiger partial charge in [0.25, 0.3) is 0 Å². The summed E-state index contributed by atoms with van der Waals surface area (Å²) in [5.74, 6) is 1.66. The molecule has 1 aliphatic heterocycles. The maximum atomic E-state index is 5.43. The Morgan fingerprint density at radius 1 is 1.33 bits per heavy atom. The molecule has 0 aliphatic carbocycles. The molecule has 1 aromatic carbocycles. The van der Waals surface area contributed by atoms with E-state index in [4.69, 9.17) is 4.74 Å². The van der Waals surface area contributed by atoms with Gasteiger partial charge in [0.05, 0.1) is 7.11 Å². The van der Waals surface area contributed by atoms with Crippen molar-refractivity contribution < 1.29 is 4.74 Å². The van der Waals surface area contributed by atoms with Gasteiger partial charge in [-0.2, -0.15) is 0 Å². The Morgan fingerprint density at radius 2 is 2.07 bits per heavy atom. The molecular formula is C12H16BrNO. The molecular weight excluding hydrogens is 254 g/mol. The smallest absolute Gasteiger partial charge is 0.123 e. The highest BCUT2D eigenvalue weighted by molar-refractivity contribution is 9.10. The molecule has 1 fully saturated rings. The van der Waals surface area contributed by atoms with Crippen LogP contribution in [0, 0.1) is 0 Å². The summed E-state index contributed by atoms with van der Waals surface area (Å²) in [6.45, 7) is 2.23. The molecule has 1 aliphatic rings. The zero-order valence-electron chi connectivity index (χ0n) is 8.92. The van der Waals surface area contributed by atoms with Gasteiger partial charge in [-0.05, 0) is 49.5 Å². The average Bonchev–Trinajstić information content (AvgIpc) is 2.30. The van der Waals surface area contributed by atoms with E-state index < -0.39 is 0 Å². The molecule has 2 rings (SSSR count). The van der Waals surface area contributed by atoms with Crippen LogP contribution >= 0.6 is 15.9 Å². The topological polar surface area (TPSA) is 21.3 Å². The van der Waals surface area contributed by atoms with Crippen molar-refractivity contribution in [2.75, 3.05) is 20.2 Å². The molecule has 1 N–H and O–H groups in total. The van der Waals surface area contributed by atoms with E-state index >= 15 is 0 Å². The predicted molar refractivity (Wildman–Crippen MR) is 65.5 cm³/mol. The van der Waals surface area contributed by atoms with Gasteiger partial charge in [0.1, 0.15) is 5.75 Å². The molecule has 1 heterocycles. The first kappa shape index (κ1) is 11.0. The number of nitrogens with one attached hydrogen (secondary N) is 1. The van der Waals surface area contributed by atoms with Gasteiger partial charge in [0, 0.05) is 4.47 Å². The number of ether oxygens (including phenoxy) is 1. The van der Waals surface area contributed by atoms with E-state index in [0.717, 1.165) is 23.3 Å². The van der Waals surface area contributed by atoms with Gasteiger partial charge in [-0.15, -0.1) is 0 Å². The number of halogens is 1. The Bertz CT molecular complexity index is 334. The number of piperidine rings is 1. The van der Waals surface area contributed by atoms with Crippen LogP contribution in [0.5, 0.6) is 5.75 Å². The fourth-order valence-corrected chi connectivity index (χ4v) is 2.50. The Balaban J connectivity index is 2.25. The Kier molecular flexibility index (Phi) is 3.65. The third kappa shape index (κ3) is 2.52. The molecule has 0 aromatic heterocycles. The second kappa shape index (κ2) is 4.99. The zero-order chi connectivity index (χ0) is 10.7. The number of rotatable bonds is 2. The highest BCUT2D eigenvalue weighted by atomic mass is 79.9. The van der Waals surface area contributed by atoms with Crippen LogP contribution < -0.4 is 10.1 Å². The van der Waals surface area contributed by atoms with Crippen molar-refractivity contribution in [3.8, 4) is 5.75 Å². The summed E-state index contributed by atoms with van der Waals surface area (Å²) in [6.07, 6.45) is 2.41. The molecule has 0 radical (unpaired) electrons. The summed E-state index contributed by atoms with van der Waals surface area (Å²) in [4.78, 5) is 0. The lowest BCUT2D eigenvalue weighted by atomic mass is 9.90. The molecule has 0 atom stereocenters. The molecule has 0 unspecified atom stereocenters. The van der Waals surface area contributed by atoms with Crippen molar-refractivity contribution in [1.82, 2.24) is 5.32 Å². The summed E-state index contributed by atoms with van der Waals surface area (Å²) in [5, 5.41) is 3.38. The van der Waals surface area contributed by atoms with Crippen LogP contribution in [0.1, 0.15) is 24.3 Å². The van der Waals surface area contributed by atoms with Crippen molar-refractivity contribution in [2.24, 2.45) is 0 Å². The van der Waals surface area contributed by atoms with Gasteiger partial charge in [0.15, 0.2) is 0 Å². The monoisotopic (exact) mass is 269 g/mol. The first-order valence-electron chi connectivity index (χ1n) is 5.35. The summed E-state index contributed by atoms with van der Waals surface area (Å²) in [7, 11) is 1.74. The van der Waals surface area contributed by atoms with Crippen LogP contribution in [-0.2, 0) is 0 Å². The minimum atomic E-state index is 0.648. The van der Waals surface area contributed by atoms with E-state index in [-0.39, 0.29) is 0 Å². The zero-order valence-corrected chi connectivity index (χ0v) is 10.5. The fraction of sp³-hybridized carbons (Fsp3) is 0.500. The van der Waals surface area contributed by atoms with E-state index in [2.05, 4.69) is 39.4 Å². The highest BCUT2D eigenvalue weighted by Gasteiger charge is 2.18. The molecule has 0 amide bonds. The predicted octanol–water partition coefficient (Wildman–Crippen LogP) is 2.92. The van der Waals surface area contributed by atoms with Crippen molar-refractivity contribution >= 4 is 15.9 Å². The van der Waals surface area contributed by atoms with Crippen molar-refractivity contribution in [2.45, 2.75) is 18.8 Å². The van der Waals surface area contributed by atoms with Crippen molar-refractivity contribution in [3.63, 3.8) is 0 Å². The number of benzene rings is 1. The maximum absolute atomic E-state index is 5.43. The number of methoxy groups -OCH3 is 1. The van der Waals surface area contributed by atoms with Gasteiger partial charge in [-0.25, -0.2) is 0 Å². The second-order valence-corrected chi connectivity index (χ2v) is 4.83. The maximum Gasteiger partial charge on any atom is 0.123 e. The summed E-state index contributed by atoms with van der Waals surface area (Å²) in [5.41, 5.74) is 1.35. The Hall–Kier alpha value is -0.540. The minimum Gasteiger partial charge on any atom is -0.496 e. The summed E-state index contributed by atoms with van der Waals surface area (Å²) >= 11 is 3.47. The van der Waals surface area contributed by atoms with Crippen LogP contribution in [0.25, 0.3) is 0 Å². The molecule has 82 valence electrons. The van der Waals surface area contributed by atoms with Gasteiger partial charge in [-0.3, -0.25) is 0 Å². The van der Waals surface area contributed by atoms with E-state index in [1.54, 1.807) is 7.11 Å². The lowest BCUT2D eigenvalue weighted by molar-refractivity contribution is 0.391. The lowest BCUT2D eigenvalue weighted by Crippen LogP contribution is -2.26. The molecule has 15 heavy (non-hydrogen) atoms. The summed E-state index contributed by atoms with van der Waals surface area (Å²) < 4.78 is 6.51. The third-order valence-corrected chi connectivity index (χ3v) is 3.47. The lowest BCUT2D eigenvalue weighted by Gasteiger charge is -2.24. The van der Waals surface area contributed by atoms with E-state index in [1.807, 2.05) is 0 Å². The molecule has 1 saturated heterocycles. The van der Waals surface area contributed by atoms with Crippen LogP contribution in [0.4, 0.5) is 0 Å².